The smallest absolute Gasteiger partial charge is 0.0690 e. The highest BCUT2D eigenvalue weighted by Crippen LogP contribution is 2.42. The first-order chi connectivity index (χ1) is 11.6. The Morgan fingerprint density at radius 3 is 2.25 bits per heavy atom. The third kappa shape index (κ3) is 4.52. The highest BCUT2D eigenvalue weighted by atomic mass is 16.5. The number of likely N-dealkylation sites (tertiary alicyclic amines) is 1. The van der Waals surface area contributed by atoms with Crippen molar-refractivity contribution in [3.8, 4) is 12.3 Å². The summed E-state index contributed by atoms with van der Waals surface area (Å²) in [6.45, 7) is 15.4. The summed E-state index contributed by atoms with van der Waals surface area (Å²) in [6.07, 6.45) is 10.3. The average Bonchev–Trinajstić information content (AvgIpc) is 2.98. The summed E-state index contributed by atoms with van der Waals surface area (Å²) < 4.78 is 5.93. The fourth-order valence-corrected chi connectivity index (χ4v) is 4.54. The summed E-state index contributed by atoms with van der Waals surface area (Å²) >= 11 is 0. The van der Waals surface area contributed by atoms with Gasteiger partial charge in [-0.15, -0.1) is 12.3 Å². The SMILES string of the molecule is C#CCC1CC2(CCN(CCN3CCN(C(C)C)CC3)CC2)CO1. The minimum Gasteiger partial charge on any atom is -0.377 e. The maximum absolute atomic E-state index is 5.93. The van der Waals surface area contributed by atoms with Gasteiger partial charge in [0.1, 0.15) is 0 Å². The lowest BCUT2D eigenvalue weighted by Gasteiger charge is -2.40. The molecule has 0 aromatic heterocycles. The summed E-state index contributed by atoms with van der Waals surface area (Å²) in [4.78, 5) is 7.90. The molecular formula is C20H35N3O. The van der Waals surface area contributed by atoms with E-state index in [9.17, 15) is 0 Å². The first kappa shape index (κ1) is 18.2. The van der Waals surface area contributed by atoms with E-state index < -0.39 is 0 Å². The van der Waals surface area contributed by atoms with Crippen molar-refractivity contribution < 1.29 is 4.74 Å². The zero-order valence-corrected chi connectivity index (χ0v) is 15.7. The van der Waals surface area contributed by atoms with Crippen LogP contribution in [-0.2, 0) is 4.74 Å². The third-order valence-corrected chi connectivity index (χ3v) is 6.42. The standard InChI is InChI=1S/C20H35N3O/c1-4-5-19-16-20(17-24-19)6-8-21(9-7-20)10-11-22-12-14-23(15-13-22)18(2)3/h1,18-19H,5-17H2,2-3H3. The van der Waals surface area contributed by atoms with Crippen LogP contribution in [0, 0.1) is 17.8 Å². The maximum atomic E-state index is 5.93. The van der Waals surface area contributed by atoms with E-state index in [-0.39, 0.29) is 0 Å². The van der Waals surface area contributed by atoms with Crippen LogP contribution in [0.15, 0.2) is 0 Å². The van der Waals surface area contributed by atoms with E-state index in [1.165, 1.54) is 71.6 Å². The molecule has 0 aliphatic carbocycles. The fourth-order valence-electron chi connectivity index (χ4n) is 4.54. The molecule has 136 valence electrons. The van der Waals surface area contributed by atoms with Gasteiger partial charge >= 0.3 is 0 Å². The van der Waals surface area contributed by atoms with Crippen LogP contribution < -0.4 is 0 Å². The molecule has 3 fully saturated rings. The van der Waals surface area contributed by atoms with E-state index in [0.717, 1.165) is 13.0 Å². The van der Waals surface area contributed by atoms with Crippen LogP contribution in [-0.4, -0.2) is 85.8 Å². The number of piperazine rings is 1. The van der Waals surface area contributed by atoms with Crippen molar-refractivity contribution in [3.05, 3.63) is 0 Å². The van der Waals surface area contributed by atoms with Crippen molar-refractivity contribution >= 4 is 0 Å². The maximum Gasteiger partial charge on any atom is 0.0690 e. The molecule has 0 radical (unpaired) electrons. The van der Waals surface area contributed by atoms with Crippen LogP contribution in [0.2, 0.25) is 0 Å². The summed E-state index contributed by atoms with van der Waals surface area (Å²) in [6, 6.07) is 0.692. The minimum absolute atomic E-state index is 0.318. The number of piperidine rings is 1. The van der Waals surface area contributed by atoms with Crippen LogP contribution in [0.5, 0.6) is 0 Å². The molecule has 1 atom stereocenters. The zero-order chi connectivity index (χ0) is 17.0. The van der Waals surface area contributed by atoms with E-state index in [0.29, 0.717) is 17.6 Å². The van der Waals surface area contributed by atoms with E-state index in [1.807, 2.05) is 0 Å². The number of ether oxygens (including phenoxy) is 1. The zero-order valence-electron chi connectivity index (χ0n) is 15.7. The highest BCUT2D eigenvalue weighted by molar-refractivity contribution is 4.97. The average molecular weight is 334 g/mol. The summed E-state index contributed by atoms with van der Waals surface area (Å²) in [5.74, 6) is 2.76. The number of hydrogen-bond acceptors (Lipinski definition) is 4. The van der Waals surface area contributed by atoms with E-state index in [1.54, 1.807) is 0 Å². The minimum atomic E-state index is 0.318. The van der Waals surface area contributed by atoms with Gasteiger partial charge in [0.25, 0.3) is 0 Å². The van der Waals surface area contributed by atoms with Crippen molar-refractivity contribution in [1.29, 1.82) is 0 Å². The number of nitrogens with zero attached hydrogens (tertiary/aromatic N) is 3. The topological polar surface area (TPSA) is 19.0 Å². The molecule has 24 heavy (non-hydrogen) atoms. The van der Waals surface area contributed by atoms with Crippen molar-refractivity contribution in [3.63, 3.8) is 0 Å². The first-order valence-corrected chi connectivity index (χ1v) is 9.84. The molecule has 3 heterocycles. The Hall–Kier alpha value is -0.600. The Morgan fingerprint density at radius 2 is 1.67 bits per heavy atom. The van der Waals surface area contributed by atoms with Gasteiger partial charge in [0.05, 0.1) is 12.7 Å². The lowest BCUT2D eigenvalue weighted by molar-refractivity contribution is 0.0566. The number of hydrogen-bond donors (Lipinski definition) is 0. The van der Waals surface area contributed by atoms with Gasteiger partial charge < -0.3 is 9.64 Å². The lowest BCUT2D eigenvalue weighted by atomic mass is 9.76. The molecule has 0 bridgehead atoms. The Labute approximate surface area is 148 Å². The summed E-state index contributed by atoms with van der Waals surface area (Å²) in [5.41, 5.74) is 0.431. The molecule has 3 aliphatic heterocycles. The molecule has 3 aliphatic rings. The van der Waals surface area contributed by atoms with Crippen molar-refractivity contribution in [2.24, 2.45) is 5.41 Å². The molecule has 4 heteroatoms. The Balaban J connectivity index is 1.34. The second kappa shape index (κ2) is 8.19. The van der Waals surface area contributed by atoms with Gasteiger partial charge in [-0.25, -0.2) is 0 Å². The van der Waals surface area contributed by atoms with Gasteiger partial charge in [0, 0.05) is 51.7 Å². The van der Waals surface area contributed by atoms with Crippen LogP contribution in [0.1, 0.15) is 39.5 Å². The summed E-state index contributed by atoms with van der Waals surface area (Å²) in [5, 5.41) is 0. The Bertz CT molecular complexity index is 429. The van der Waals surface area contributed by atoms with Crippen LogP contribution >= 0.6 is 0 Å². The summed E-state index contributed by atoms with van der Waals surface area (Å²) in [7, 11) is 0. The highest BCUT2D eigenvalue weighted by Gasteiger charge is 2.41. The fraction of sp³-hybridized carbons (Fsp3) is 0.900. The number of rotatable bonds is 5. The molecule has 0 amide bonds. The second-order valence-corrected chi connectivity index (χ2v) is 8.36. The third-order valence-electron chi connectivity index (χ3n) is 6.42. The molecular weight excluding hydrogens is 298 g/mol. The molecule has 1 unspecified atom stereocenters. The van der Waals surface area contributed by atoms with E-state index >= 15 is 0 Å². The van der Waals surface area contributed by atoms with Gasteiger partial charge in [-0.1, -0.05) is 0 Å². The van der Waals surface area contributed by atoms with Crippen molar-refractivity contribution in [2.75, 3.05) is 59.0 Å². The van der Waals surface area contributed by atoms with Crippen LogP contribution in [0.4, 0.5) is 0 Å². The quantitative estimate of drug-likeness (QED) is 0.715. The van der Waals surface area contributed by atoms with Gasteiger partial charge in [0.15, 0.2) is 0 Å². The largest absolute Gasteiger partial charge is 0.377 e. The van der Waals surface area contributed by atoms with Gasteiger partial charge in [-0.3, -0.25) is 9.80 Å². The molecule has 0 N–H and O–H groups in total. The Kier molecular flexibility index (Phi) is 6.21. The van der Waals surface area contributed by atoms with E-state index in [4.69, 9.17) is 11.2 Å². The molecule has 0 aromatic carbocycles. The molecule has 0 aromatic rings. The monoisotopic (exact) mass is 333 g/mol. The van der Waals surface area contributed by atoms with Crippen LogP contribution in [0.3, 0.4) is 0 Å². The molecule has 1 spiro atoms. The van der Waals surface area contributed by atoms with Crippen molar-refractivity contribution in [2.45, 2.75) is 51.7 Å². The first-order valence-electron chi connectivity index (χ1n) is 9.84. The van der Waals surface area contributed by atoms with Gasteiger partial charge in [-0.2, -0.15) is 0 Å². The molecule has 3 rings (SSSR count). The lowest BCUT2D eigenvalue weighted by Crippen LogP contribution is -2.51. The van der Waals surface area contributed by atoms with Crippen LogP contribution in [0.25, 0.3) is 0 Å². The van der Waals surface area contributed by atoms with Gasteiger partial charge in [0.2, 0.25) is 0 Å². The number of terminal acetylenes is 1. The second-order valence-electron chi connectivity index (χ2n) is 8.36. The normalized spacial score (nSPS) is 29.3. The Morgan fingerprint density at radius 1 is 1.04 bits per heavy atom. The van der Waals surface area contributed by atoms with E-state index in [2.05, 4.69) is 34.5 Å². The predicted molar refractivity (Wildman–Crippen MR) is 99.1 cm³/mol. The molecule has 4 nitrogen and oxygen atoms in total. The van der Waals surface area contributed by atoms with Gasteiger partial charge in [-0.05, 0) is 51.6 Å². The predicted octanol–water partition coefficient (Wildman–Crippen LogP) is 1.91. The van der Waals surface area contributed by atoms with Crippen molar-refractivity contribution in [1.82, 2.24) is 14.7 Å². The molecule has 3 saturated heterocycles. The molecule has 0 saturated carbocycles.